The number of carbonyl (C=O) groups is 3. The number of hydrogen-bond acceptors (Lipinski definition) is 4. The Balaban J connectivity index is 2.24. The largest absolute Gasteiger partial charge is 0.465 e. The van der Waals surface area contributed by atoms with Crippen LogP contribution in [0.4, 0.5) is 0 Å². The van der Waals surface area contributed by atoms with E-state index in [1.165, 1.54) is 0 Å². The van der Waals surface area contributed by atoms with E-state index in [1.54, 1.807) is 6.92 Å². The standard InChI is InChI=1S/C9H14N2O4/c1-2-15-8(13)5-10-9(14)6-3-4-7(12)11-6/h6H,2-5H2,1H3,(H,10,14)(H,11,12). The predicted molar refractivity (Wildman–Crippen MR) is 50.8 cm³/mol. The van der Waals surface area contributed by atoms with Gasteiger partial charge in [0.05, 0.1) is 6.61 Å². The second-order valence-electron chi connectivity index (χ2n) is 3.18. The highest BCUT2D eigenvalue weighted by atomic mass is 16.5. The molecule has 1 fully saturated rings. The molecule has 0 saturated carbocycles. The smallest absolute Gasteiger partial charge is 0.325 e. The molecule has 1 aliphatic rings. The highest BCUT2D eigenvalue weighted by molar-refractivity contribution is 5.92. The van der Waals surface area contributed by atoms with Crippen molar-refractivity contribution in [1.29, 1.82) is 0 Å². The van der Waals surface area contributed by atoms with Gasteiger partial charge in [-0.05, 0) is 13.3 Å². The van der Waals surface area contributed by atoms with E-state index in [2.05, 4.69) is 15.4 Å². The number of nitrogens with one attached hydrogen (secondary N) is 2. The molecule has 0 radical (unpaired) electrons. The van der Waals surface area contributed by atoms with Gasteiger partial charge in [-0.3, -0.25) is 14.4 Å². The summed E-state index contributed by atoms with van der Waals surface area (Å²) in [4.78, 5) is 33.1. The van der Waals surface area contributed by atoms with Gasteiger partial charge in [-0.2, -0.15) is 0 Å². The molecule has 1 atom stereocenters. The Labute approximate surface area is 87.4 Å². The summed E-state index contributed by atoms with van der Waals surface area (Å²) in [5, 5.41) is 4.91. The molecule has 1 heterocycles. The van der Waals surface area contributed by atoms with E-state index in [0.29, 0.717) is 12.8 Å². The van der Waals surface area contributed by atoms with Crippen LogP contribution in [0.2, 0.25) is 0 Å². The summed E-state index contributed by atoms with van der Waals surface area (Å²) in [7, 11) is 0. The third kappa shape index (κ3) is 3.57. The van der Waals surface area contributed by atoms with Crippen LogP contribution >= 0.6 is 0 Å². The number of amides is 2. The van der Waals surface area contributed by atoms with Gasteiger partial charge in [0.15, 0.2) is 0 Å². The van der Waals surface area contributed by atoms with E-state index in [4.69, 9.17) is 0 Å². The molecule has 0 spiro atoms. The minimum atomic E-state index is -0.507. The van der Waals surface area contributed by atoms with Gasteiger partial charge >= 0.3 is 5.97 Å². The summed E-state index contributed by atoms with van der Waals surface area (Å²) in [5.41, 5.74) is 0. The Bertz CT molecular complexity index is 277. The quantitative estimate of drug-likeness (QED) is 0.584. The second kappa shape index (κ2) is 5.33. The van der Waals surface area contributed by atoms with Gasteiger partial charge in [0.2, 0.25) is 11.8 Å². The first-order chi connectivity index (χ1) is 7.13. The van der Waals surface area contributed by atoms with Gasteiger partial charge in [0.1, 0.15) is 12.6 Å². The number of carbonyl (C=O) groups excluding carboxylic acids is 3. The highest BCUT2D eigenvalue weighted by Gasteiger charge is 2.27. The molecule has 2 N–H and O–H groups in total. The Morgan fingerprint density at radius 2 is 2.33 bits per heavy atom. The number of ether oxygens (including phenoxy) is 1. The fraction of sp³-hybridized carbons (Fsp3) is 0.667. The number of esters is 1. The van der Waals surface area contributed by atoms with Crippen LogP contribution in [-0.2, 0) is 19.1 Å². The van der Waals surface area contributed by atoms with Crippen LogP contribution < -0.4 is 10.6 Å². The third-order valence-electron chi connectivity index (χ3n) is 2.02. The molecule has 1 unspecified atom stereocenters. The fourth-order valence-electron chi connectivity index (χ4n) is 1.31. The van der Waals surface area contributed by atoms with Gasteiger partial charge in [0, 0.05) is 6.42 Å². The van der Waals surface area contributed by atoms with Crippen molar-refractivity contribution in [2.75, 3.05) is 13.2 Å². The summed E-state index contributed by atoms with van der Waals surface area (Å²) >= 11 is 0. The summed E-state index contributed by atoms with van der Waals surface area (Å²) in [5.74, 6) is -0.949. The van der Waals surface area contributed by atoms with E-state index < -0.39 is 12.0 Å². The Kier molecular flexibility index (Phi) is 4.08. The van der Waals surface area contributed by atoms with Crippen molar-refractivity contribution >= 4 is 17.8 Å². The minimum Gasteiger partial charge on any atom is -0.465 e. The molecule has 15 heavy (non-hydrogen) atoms. The molecule has 0 aromatic heterocycles. The first-order valence-corrected chi connectivity index (χ1v) is 4.86. The Hall–Kier alpha value is -1.59. The molecule has 84 valence electrons. The average molecular weight is 214 g/mol. The number of hydrogen-bond donors (Lipinski definition) is 2. The highest BCUT2D eigenvalue weighted by Crippen LogP contribution is 2.05. The van der Waals surface area contributed by atoms with Gasteiger partial charge in [-0.15, -0.1) is 0 Å². The lowest BCUT2D eigenvalue weighted by Crippen LogP contribution is -2.43. The molecule has 0 aromatic rings. The van der Waals surface area contributed by atoms with Crippen molar-refractivity contribution in [3.63, 3.8) is 0 Å². The van der Waals surface area contributed by atoms with Gasteiger partial charge < -0.3 is 15.4 Å². The number of rotatable bonds is 4. The van der Waals surface area contributed by atoms with Crippen molar-refractivity contribution < 1.29 is 19.1 Å². The lowest BCUT2D eigenvalue weighted by Gasteiger charge is -2.09. The van der Waals surface area contributed by atoms with Crippen LogP contribution in [0.3, 0.4) is 0 Å². The molecular weight excluding hydrogens is 200 g/mol. The zero-order chi connectivity index (χ0) is 11.3. The summed E-state index contributed by atoms with van der Waals surface area (Å²) in [6.07, 6.45) is 0.838. The SMILES string of the molecule is CCOC(=O)CNC(=O)C1CCC(=O)N1. The zero-order valence-corrected chi connectivity index (χ0v) is 8.54. The maximum Gasteiger partial charge on any atom is 0.325 e. The molecule has 0 aliphatic carbocycles. The maximum atomic E-state index is 11.4. The summed E-state index contributed by atoms with van der Waals surface area (Å²) in [6.45, 7) is 1.82. The lowest BCUT2D eigenvalue weighted by molar-refractivity contribution is -0.143. The average Bonchev–Trinajstić information content (AvgIpc) is 2.62. The molecular formula is C9H14N2O4. The molecule has 2 amide bonds. The maximum absolute atomic E-state index is 11.4. The zero-order valence-electron chi connectivity index (χ0n) is 8.54. The van der Waals surface area contributed by atoms with Crippen LogP contribution in [0.25, 0.3) is 0 Å². The van der Waals surface area contributed by atoms with Crippen molar-refractivity contribution in [3.05, 3.63) is 0 Å². The van der Waals surface area contributed by atoms with E-state index in [0.717, 1.165) is 0 Å². The fourth-order valence-corrected chi connectivity index (χ4v) is 1.31. The molecule has 6 nitrogen and oxygen atoms in total. The topological polar surface area (TPSA) is 84.5 Å². The van der Waals surface area contributed by atoms with Crippen LogP contribution in [0.15, 0.2) is 0 Å². The van der Waals surface area contributed by atoms with Crippen molar-refractivity contribution in [3.8, 4) is 0 Å². The molecule has 1 saturated heterocycles. The van der Waals surface area contributed by atoms with Crippen LogP contribution in [0.5, 0.6) is 0 Å². The molecule has 0 bridgehead atoms. The second-order valence-corrected chi connectivity index (χ2v) is 3.18. The van der Waals surface area contributed by atoms with E-state index in [1.807, 2.05) is 0 Å². The molecule has 1 aliphatic heterocycles. The predicted octanol–water partition coefficient (Wildman–Crippen LogP) is -1.06. The van der Waals surface area contributed by atoms with Crippen LogP contribution in [-0.4, -0.2) is 37.0 Å². The first-order valence-electron chi connectivity index (χ1n) is 4.86. The third-order valence-corrected chi connectivity index (χ3v) is 2.02. The van der Waals surface area contributed by atoms with Crippen molar-refractivity contribution in [2.24, 2.45) is 0 Å². The lowest BCUT2D eigenvalue weighted by atomic mass is 10.2. The normalized spacial score (nSPS) is 19.5. The molecule has 0 aromatic carbocycles. The Morgan fingerprint density at radius 1 is 1.60 bits per heavy atom. The van der Waals surface area contributed by atoms with Crippen LogP contribution in [0, 0.1) is 0 Å². The summed E-state index contributed by atoms with van der Waals surface area (Å²) < 4.78 is 4.64. The Morgan fingerprint density at radius 3 is 2.87 bits per heavy atom. The van der Waals surface area contributed by atoms with Gasteiger partial charge in [0.25, 0.3) is 0 Å². The van der Waals surface area contributed by atoms with E-state index in [9.17, 15) is 14.4 Å². The van der Waals surface area contributed by atoms with E-state index in [-0.39, 0.29) is 25.0 Å². The van der Waals surface area contributed by atoms with Crippen LogP contribution in [0.1, 0.15) is 19.8 Å². The van der Waals surface area contributed by atoms with Gasteiger partial charge in [-0.1, -0.05) is 0 Å². The molecule has 1 rings (SSSR count). The van der Waals surface area contributed by atoms with E-state index >= 15 is 0 Å². The molecule has 6 heteroatoms. The minimum absolute atomic E-state index is 0.133. The van der Waals surface area contributed by atoms with Gasteiger partial charge in [-0.25, -0.2) is 0 Å². The summed E-state index contributed by atoms with van der Waals surface area (Å²) in [6, 6.07) is -0.507. The monoisotopic (exact) mass is 214 g/mol. The first kappa shape index (κ1) is 11.5. The van der Waals surface area contributed by atoms with Crippen molar-refractivity contribution in [1.82, 2.24) is 10.6 Å². The van der Waals surface area contributed by atoms with Crippen molar-refractivity contribution in [2.45, 2.75) is 25.8 Å².